The summed E-state index contributed by atoms with van der Waals surface area (Å²) in [4.78, 5) is 12.3. The fourth-order valence-corrected chi connectivity index (χ4v) is 3.86. The number of benzene rings is 2. The quantitative estimate of drug-likeness (QED) is 0.488. The van der Waals surface area contributed by atoms with Crippen molar-refractivity contribution in [3.63, 3.8) is 0 Å². The molecule has 0 aliphatic rings. The lowest BCUT2D eigenvalue weighted by Crippen LogP contribution is -2.23. The van der Waals surface area contributed by atoms with Gasteiger partial charge in [0, 0.05) is 25.1 Å². The lowest BCUT2D eigenvalue weighted by molar-refractivity contribution is 0.0385. The van der Waals surface area contributed by atoms with Gasteiger partial charge in [0.05, 0.1) is 5.56 Å². The highest BCUT2D eigenvalue weighted by Crippen LogP contribution is 2.53. The van der Waals surface area contributed by atoms with Gasteiger partial charge in [-0.3, -0.25) is 4.57 Å². The molecule has 2 aromatic rings. The van der Waals surface area contributed by atoms with Gasteiger partial charge in [-0.1, -0.05) is 52.3 Å². The van der Waals surface area contributed by atoms with E-state index in [9.17, 15) is 9.36 Å². The molecule has 0 bridgehead atoms. The maximum Gasteiger partial charge on any atom is 0.370 e. The van der Waals surface area contributed by atoms with Crippen LogP contribution in [0, 0.1) is 0 Å². The SMILES string of the molecule is COP(=O)(OC)C(Cc1ccccc1Br)OC(=O)c1ccccc1. The minimum absolute atomic E-state index is 0.193. The van der Waals surface area contributed by atoms with Crippen molar-refractivity contribution in [3.05, 3.63) is 70.2 Å². The van der Waals surface area contributed by atoms with Crippen LogP contribution in [0.15, 0.2) is 59.1 Å². The van der Waals surface area contributed by atoms with Gasteiger partial charge >= 0.3 is 13.6 Å². The minimum atomic E-state index is -3.61. The summed E-state index contributed by atoms with van der Waals surface area (Å²) in [5.41, 5.74) is 1.20. The predicted octanol–water partition coefficient (Wildman–Crippen LogP) is 4.66. The Labute approximate surface area is 149 Å². The molecule has 24 heavy (non-hydrogen) atoms. The van der Waals surface area contributed by atoms with E-state index in [0.717, 1.165) is 10.0 Å². The van der Waals surface area contributed by atoms with Crippen LogP contribution in [0.1, 0.15) is 15.9 Å². The van der Waals surface area contributed by atoms with E-state index >= 15 is 0 Å². The number of carbonyl (C=O) groups excluding carboxylic acids is 1. The molecule has 1 atom stereocenters. The summed E-state index contributed by atoms with van der Waals surface area (Å²) in [6.07, 6.45) is 0.193. The van der Waals surface area contributed by atoms with Crippen molar-refractivity contribution in [2.24, 2.45) is 0 Å². The largest absolute Gasteiger partial charge is 0.445 e. The molecule has 128 valence electrons. The van der Waals surface area contributed by atoms with Crippen molar-refractivity contribution < 1.29 is 23.1 Å². The molecule has 0 N–H and O–H groups in total. The third kappa shape index (κ3) is 4.54. The summed E-state index contributed by atoms with van der Waals surface area (Å²) in [5.74, 6) is -1.64. The molecule has 1 unspecified atom stereocenters. The van der Waals surface area contributed by atoms with E-state index in [1.807, 2.05) is 24.3 Å². The fraction of sp³-hybridized carbons (Fsp3) is 0.235. The van der Waals surface area contributed by atoms with Crippen molar-refractivity contribution in [2.45, 2.75) is 12.3 Å². The molecule has 0 fully saturated rings. The number of halogens is 1. The second-order valence-electron chi connectivity index (χ2n) is 4.93. The first kappa shape index (κ1) is 18.9. The van der Waals surface area contributed by atoms with Gasteiger partial charge in [0.1, 0.15) is 0 Å². The number of hydrogen-bond donors (Lipinski definition) is 0. The molecule has 0 spiro atoms. The van der Waals surface area contributed by atoms with Gasteiger partial charge < -0.3 is 13.8 Å². The van der Waals surface area contributed by atoms with Crippen LogP contribution in [0.5, 0.6) is 0 Å². The standard InChI is InChI=1S/C17H18BrO5P/c1-21-24(20,22-2)16(12-14-10-6-7-11-15(14)18)23-17(19)13-8-4-3-5-9-13/h3-11,16H,12H2,1-2H3. The summed E-state index contributed by atoms with van der Waals surface area (Å²) in [6, 6.07) is 15.9. The lowest BCUT2D eigenvalue weighted by Gasteiger charge is -2.24. The highest BCUT2D eigenvalue weighted by Gasteiger charge is 2.38. The van der Waals surface area contributed by atoms with Gasteiger partial charge in [-0.2, -0.15) is 0 Å². The summed E-state index contributed by atoms with van der Waals surface area (Å²) >= 11 is 3.43. The molecular weight excluding hydrogens is 395 g/mol. The minimum Gasteiger partial charge on any atom is -0.445 e. The summed E-state index contributed by atoms with van der Waals surface area (Å²) in [5, 5.41) is 0. The first-order chi connectivity index (χ1) is 11.5. The highest BCUT2D eigenvalue weighted by molar-refractivity contribution is 9.10. The Morgan fingerprint density at radius 2 is 1.62 bits per heavy atom. The molecule has 7 heteroatoms. The third-order valence-corrected chi connectivity index (χ3v) is 6.25. The molecule has 0 radical (unpaired) electrons. The Hall–Kier alpha value is -1.46. The number of esters is 1. The van der Waals surface area contributed by atoms with E-state index in [-0.39, 0.29) is 6.42 Å². The monoisotopic (exact) mass is 412 g/mol. The Morgan fingerprint density at radius 3 is 2.21 bits per heavy atom. The fourth-order valence-electron chi connectivity index (χ4n) is 2.15. The second kappa shape index (κ2) is 8.58. The normalized spacial score (nSPS) is 12.6. The Bertz CT molecular complexity index is 727. The third-order valence-electron chi connectivity index (χ3n) is 3.47. The van der Waals surface area contributed by atoms with Crippen LogP contribution in [0.4, 0.5) is 0 Å². The van der Waals surface area contributed by atoms with E-state index < -0.39 is 19.4 Å². The van der Waals surface area contributed by atoms with Crippen molar-refractivity contribution in [2.75, 3.05) is 14.2 Å². The van der Waals surface area contributed by atoms with Gasteiger partial charge in [-0.05, 0) is 23.8 Å². The van der Waals surface area contributed by atoms with Gasteiger partial charge in [0.25, 0.3) is 0 Å². The van der Waals surface area contributed by atoms with E-state index in [0.29, 0.717) is 5.56 Å². The Kier molecular flexibility index (Phi) is 6.75. The van der Waals surface area contributed by atoms with Crippen molar-refractivity contribution in [1.82, 2.24) is 0 Å². The van der Waals surface area contributed by atoms with Crippen LogP contribution in [-0.4, -0.2) is 26.0 Å². The number of carbonyl (C=O) groups is 1. The second-order valence-corrected chi connectivity index (χ2v) is 8.17. The Balaban J connectivity index is 2.28. The molecule has 5 nitrogen and oxygen atoms in total. The Morgan fingerprint density at radius 1 is 1.04 bits per heavy atom. The lowest BCUT2D eigenvalue weighted by atomic mass is 10.1. The van der Waals surface area contributed by atoms with Gasteiger partial charge in [0.2, 0.25) is 5.85 Å². The average molecular weight is 413 g/mol. The maximum absolute atomic E-state index is 12.8. The molecule has 0 aromatic heterocycles. The summed E-state index contributed by atoms with van der Waals surface area (Å²) in [6.45, 7) is 0. The van der Waals surface area contributed by atoms with Crippen LogP contribution >= 0.6 is 23.5 Å². The van der Waals surface area contributed by atoms with Crippen molar-refractivity contribution in [1.29, 1.82) is 0 Å². The number of hydrogen-bond acceptors (Lipinski definition) is 5. The maximum atomic E-state index is 12.8. The van der Waals surface area contributed by atoms with Gasteiger partial charge in [-0.25, -0.2) is 4.79 Å². The molecule has 2 aromatic carbocycles. The van der Waals surface area contributed by atoms with Crippen LogP contribution in [0.2, 0.25) is 0 Å². The van der Waals surface area contributed by atoms with Gasteiger partial charge in [0.15, 0.2) is 0 Å². The molecule has 0 saturated heterocycles. The topological polar surface area (TPSA) is 61.8 Å². The zero-order chi connectivity index (χ0) is 17.6. The molecule has 0 heterocycles. The first-order valence-corrected chi connectivity index (χ1v) is 9.61. The van der Waals surface area contributed by atoms with E-state index in [1.165, 1.54) is 14.2 Å². The van der Waals surface area contributed by atoms with E-state index in [1.54, 1.807) is 30.3 Å². The van der Waals surface area contributed by atoms with Crippen LogP contribution in [-0.2, 0) is 24.8 Å². The summed E-state index contributed by atoms with van der Waals surface area (Å²) in [7, 11) is -1.07. The zero-order valence-corrected chi connectivity index (χ0v) is 15.8. The van der Waals surface area contributed by atoms with Crippen molar-refractivity contribution >= 4 is 29.5 Å². The molecule has 0 aliphatic heterocycles. The zero-order valence-electron chi connectivity index (χ0n) is 13.3. The van der Waals surface area contributed by atoms with Crippen LogP contribution in [0.3, 0.4) is 0 Å². The van der Waals surface area contributed by atoms with Crippen LogP contribution in [0.25, 0.3) is 0 Å². The molecule has 0 aliphatic carbocycles. The molecular formula is C17H18BrO5P. The summed E-state index contributed by atoms with van der Waals surface area (Å²) < 4.78 is 29.2. The molecule has 0 amide bonds. The van der Waals surface area contributed by atoms with Crippen molar-refractivity contribution in [3.8, 4) is 0 Å². The molecule has 2 rings (SSSR count). The first-order valence-electron chi connectivity index (χ1n) is 7.21. The average Bonchev–Trinajstić information content (AvgIpc) is 2.62. The van der Waals surface area contributed by atoms with E-state index in [2.05, 4.69) is 15.9 Å². The smallest absolute Gasteiger partial charge is 0.370 e. The number of ether oxygens (including phenoxy) is 1. The highest BCUT2D eigenvalue weighted by atomic mass is 79.9. The predicted molar refractivity (Wildman–Crippen MR) is 95.1 cm³/mol. The van der Waals surface area contributed by atoms with E-state index in [4.69, 9.17) is 13.8 Å². The number of rotatable bonds is 7. The van der Waals surface area contributed by atoms with Gasteiger partial charge in [-0.15, -0.1) is 0 Å². The molecule has 0 saturated carbocycles. The van der Waals surface area contributed by atoms with Crippen LogP contribution < -0.4 is 0 Å².